The fourth-order valence-corrected chi connectivity index (χ4v) is 3.41. The van der Waals surface area contributed by atoms with Crippen molar-refractivity contribution in [1.82, 2.24) is 4.90 Å². The largest absolute Gasteiger partial charge is 0.490 e. The second kappa shape index (κ2) is 5.77. The van der Waals surface area contributed by atoms with Crippen molar-refractivity contribution in [2.75, 3.05) is 20.2 Å². The van der Waals surface area contributed by atoms with E-state index in [1.807, 2.05) is 0 Å². The van der Waals surface area contributed by atoms with E-state index < -0.39 is 10.5 Å². The van der Waals surface area contributed by atoms with Crippen LogP contribution >= 0.6 is 0 Å². The molecule has 1 spiro atoms. The van der Waals surface area contributed by atoms with Crippen LogP contribution in [0.1, 0.15) is 36.5 Å². The number of fused-ring (bicyclic) bond motifs is 1. The Morgan fingerprint density at radius 3 is 2.58 bits per heavy atom. The van der Waals surface area contributed by atoms with Gasteiger partial charge in [-0.2, -0.15) is 0 Å². The van der Waals surface area contributed by atoms with Crippen LogP contribution in [0, 0.1) is 10.1 Å². The highest BCUT2D eigenvalue weighted by atomic mass is 16.6. The number of piperidine rings is 1. The normalized spacial score (nSPS) is 18.8. The Labute approximate surface area is 138 Å². The van der Waals surface area contributed by atoms with E-state index in [9.17, 15) is 19.7 Å². The molecule has 128 valence electrons. The van der Waals surface area contributed by atoms with Gasteiger partial charge in [-0.3, -0.25) is 19.7 Å². The fourth-order valence-electron chi connectivity index (χ4n) is 3.41. The summed E-state index contributed by atoms with van der Waals surface area (Å²) in [5.41, 5.74) is -0.779. The molecular weight excluding hydrogens is 316 g/mol. The minimum atomic E-state index is -0.656. The summed E-state index contributed by atoms with van der Waals surface area (Å²) >= 11 is 0. The van der Waals surface area contributed by atoms with Crippen molar-refractivity contribution in [3.63, 3.8) is 0 Å². The molecule has 1 aromatic carbocycles. The zero-order valence-electron chi connectivity index (χ0n) is 13.5. The highest BCUT2D eigenvalue weighted by molar-refractivity contribution is 6.04. The molecule has 0 radical (unpaired) electrons. The Morgan fingerprint density at radius 2 is 2.04 bits per heavy atom. The molecule has 2 aliphatic heterocycles. The van der Waals surface area contributed by atoms with Gasteiger partial charge < -0.3 is 14.4 Å². The van der Waals surface area contributed by atoms with E-state index >= 15 is 0 Å². The van der Waals surface area contributed by atoms with E-state index in [2.05, 4.69) is 0 Å². The topological polar surface area (TPSA) is 99.0 Å². The molecule has 0 N–H and O–H groups in total. The zero-order chi connectivity index (χ0) is 17.5. The van der Waals surface area contributed by atoms with Gasteiger partial charge in [0.25, 0.3) is 0 Å². The molecule has 3 rings (SSSR count). The second-order valence-electron chi connectivity index (χ2n) is 6.14. The van der Waals surface area contributed by atoms with E-state index in [1.165, 1.54) is 26.2 Å². The quantitative estimate of drug-likeness (QED) is 0.605. The first-order chi connectivity index (χ1) is 11.4. The lowest BCUT2D eigenvalue weighted by atomic mass is 9.82. The summed E-state index contributed by atoms with van der Waals surface area (Å²) in [5, 5.41) is 11.1. The fraction of sp³-hybridized carbons (Fsp3) is 0.500. The van der Waals surface area contributed by atoms with Crippen molar-refractivity contribution in [2.45, 2.75) is 31.8 Å². The summed E-state index contributed by atoms with van der Waals surface area (Å²) in [5.74, 6) is 0.0289. The molecule has 1 aromatic rings. The lowest BCUT2D eigenvalue weighted by molar-refractivity contribution is -0.385. The molecule has 0 unspecified atom stereocenters. The van der Waals surface area contributed by atoms with Gasteiger partial charge in [0.15, 0.2) is 5.78 Å². The smallest absolute Gasteiger partial charge is 0.311 e. The minimum absolute atomic E-state index is 0.00433. The van der Waals surface area contributed by atoms with E-state index in [-0.39, 0.29) is 35.1 Å². The van der Waals surface area contributed by atoms with E-state index in [0.717, 1.165) is 0 Å². The summed E-state index contributed by atoms with van der Waals surface area (Å²) in [4.78, 5) is 36.4. The molecule has 2 aliphatic rings. The SMILES string of the molecule is COc1c([N+](=O)[O-])ccc2c1C(=O)CC1(CCN(C(C)=O)CC1)O2. The van der Waals surface area contributed by atoms with Crippen LogP contribution < -0.4 is 9.47 Å². The zero-order valence-corrected chi connectivity index (χ0v) is 13.5. The van der Waals surface area contributed by atoms with Gasteiger partial charge in [-0.15, -0.1) is 0 Å². The Morgan fingerprint density at radius 1 is 1.38 bits per heavy atom. The van der Waals surface area contributed by atoms with Gasteiger partial charge in [-0.1, -0.05) is 0 Å². The lowest BCUT2D eigenvalue weighted by Gasteiger charge is -2.43. The molecule has 0 saturated carbocycles. The summed E-state index contributed by atoms with van der Waals surface area (Å²) in [6, 6.07) is 2.74. The molecule has 0 bridgehead atoms. The molecule has 8 nitrogen and oxygen atoms in total. The molecule has 8 heteroatoms. The summed E-state index contributed by atoms with van der Waals surface area (Å²) in [6.45, 7) is 2.58. The molecular formula is C16H18N2O6. The predicted octanol–water partition coefficient (Wildman–Crippen LogP) is 1.95. The molecule has 24 heavy (non-hydrogen) atoms. The third-order valence-electron chi connectivity index (χ3n) is 4.71. The van der Waals surface area contributed by atoms with Crippen LogP contribution in [0.4, 0.5) is 5.69 Å². The van der Waals surface area contributed by atoms with Crippen molar-refractivity contribution >= 4 is 17.4 Å². The van der Waals surface area contributed by atoms with Crippen molar-refractivity contribution in [2.24, 2.45) is 0 Å². The van der Waals surface area contributed by atoms with E-state index in [4.69, 9.17) is 9.47 Å². The van der Waals surface area contributed by atoms with Gasteiger partial charge >= 0.3 is 5.69 Å². The maximum Gasteiger partial charge on any atom is 0.311 e. The van der Waals surface area contributed by atoms with Gasteiger partial charge in [-0.25, -0.2) is 0 Å². The number of Topliss-reactive ketones (excluding diaryl/α,β-unsaturated/α-hetero) is 1. The molecule has 1 saturated heterocycles. The predicted molar refractivity (Wildman–Crippen MR) is 83.4 cm³/mol. The van der Waals surface area contributed by atoms with Gasteiger partial charge in [0.05, 0.1) is 18.5 Å². The molecule has 1 amide bonds. The Balaban J connectivity index is 1.94. The number of carbonyl (C=O) groups is 2. The monoisotopic (exact) mass is 334 g/mol. The number of likely N-dealkylation sites (tertiary alicyclic amines) is 1. The van der Waals surface area contributed by atoms with E-state index in [1.54, 1.807) is 4.90 Å². The number of rotatable bonds is 2. The molecule has 1 fully saturated rings. The first kappa shape index (κ1) is 16.2. The number of carbonyl (C=O) groups excluding carboxylic acids is 2. The lowest BCUT2D eigenvalue weighted by Crippen LogP contribution is -2.52. The standard InChI is InChI=1S/C16H18N2O6/c1-10(19)17-7-5-16(6-8-17)9-12(20)14-13(24-16)4-3-11(18(21)22)15(14)23-2/h3-4H,5-9H2,1-2H3. The number of hydrogen-bond acceptors (Lipinski definition) is 6. The van der Waals surface area contributed by atoms with Gasteiger partial charge in [0.2, 0.25) is 11.7 Å². The third kappa shape index (κ3) is 2.57. The Bertz CT molecular complexity index is 722. The number of nitro benzene ring substituents is 1. The number of benzene rings is 1. The van der Waals surface area contributed by atoms with Crippen LogP contribution in [-0.4, -0.2) is 47.3 Å². The third-order valence-corrected chi connectivity index (χ3v) is 4.71. The van der Waals surface area contributed by atoms with Crippen LogP contribution in [0.15, 0.2) is 12.1 Å². The first-order valence-electron chi connectivity index (χ1n) is 7.70. The highest BCUT2D eigenvalue weighted by Crippen LogP contribution is 2.45. The molecule has 0 aliphatic carbocycles. The van der Waals surface area contributed by atoms with Crippen LogP contribution in [0.2, 0.25) is 0 Å². The molecule has 2 heterocycles. The van der Waals surface area contributed by atoms with Crippen LogP contribution in [0.25, 0.3) is 0 Å². The maximum atomic E-state index is 12.7. The van der Waals surface area contributed by atoms with Gasteiger partial charge in [-0.05, 0) is 6.07 Å². The summed E-state index contributed by atoms with van der Waals surface area (Å²) in [7, 11) is 1.30. The summed E-state index contributed by atoms with van der Waals surface area (Å²) in [6.07, 6.45) is 1.23. The Hall–Kier alpha value is -2.64. The Kier molecular flexibility index (Phi) is 3.90. The highest BCUT2D eigenvalue weighted by Gasteiger charge is 2.45. The van der Waals surface area contributed by atoms with E-state index in [0.29, 0.717) is 31.7 Å². The number of ether oxygens (including phenoxy) is 2. The van der Waals surface area contributed by atoms with Crippen molar-refractivity contribution in [1.29, 1.82) is 0 Å². The van der Waals surface area contributed by atoms with Crippen LogP contribution in [0.3, 0.4) is 0 Å². The number of nitro groups is 1. The van der Waals surface area contributed by atoms with Gasteiger partial charge in [0, 0.05) is 38.9 Å². The minimum Gasteiger partial charge on any atom is -0.490 e. The van der Waals surface area contributed by atoms with Crippen molar-refractivity contribution in [3.8, 4) is 11.5 Å². The molecule has 0 aromatic heterocycles. The number of ketones is 1. The first-order valence-corrected chi connectivity index (χ1v) is 7.70. The number of nitrogens with zero attached hydrogens (tertiary/aromatic N) is 2. The van der Waals surface area contributed by atoms with Crippen LogP contribution in [-0.2, 0) is 4.79 Å². The number of hydrogen-bond donors (Lipinski definition) is 0. The second-order valence-corrected chi connectivity index (χ2v) is 6.14. The van der Waals surface area contributed by atoms with Crippen molar-refractivity contribution < 1.29 is 24.0 Å². The maximum absolute atomic E-state index is 12.7. The van der Waals surface area contributed by atoms with Gasteiger partial charge in [0.1, 0.15) is 16.9 Å². The number of methoxy groups -OCH3 is 1. The number of amides is 1. The molecule has 0 atom stereocenters. The van der Waals surface area contributed by atoms with Crippen molar-refractivity contribution in [3.05, 3.63) is 27.8 Å². The van der Waals surface area contributed by atoms with Crippen LogP contribution in [0.5, 0.6) is 11.5 Å². The average Bonchev–Trinajstić information content (AvgIpc) is 2.53. The average molecular weight is 334 g/mol. The summed E-state index contributed by atoms with van der Waals surface area (Å²) < 4.78 is 11.2.